The number of piperidine rings is 1. The van der Waals surface area contributed by atoms with Gasteiger partial charge in [0.2, 0.25) is 0 Å². The van der Waals surface area contributed by atoms with E-state index in [4.69, 9.17) is 9.47 Å². The lowest BCUT2D eigenvalue weighted by Crippen LogP contribution is -2.42. The third-order valence-electron chi connectivity index (χ3n) is 5.03. The van der Waals surface area contributed by atoms with Gasteiger partial charge >= 0.3 is 0 Å². The van der Waals surface area contributed by atoms with Crippen LogP contribution in [0.4, 0.5) is 0 Å². The van der Waals surface area contributed by atoms with Crippen molar-refractivity contribution in [1.82, 2.24) is 5.32 Å². The molecule has 0 aliphatic carbocycles. The smallest absolute Gasteiger partial charge is 0.139 e. The number of ether oxygens (including phenoxy) is 2. The van der Waals surface area contributed by atoms with Crippen LogP contribution in [-0.4, -0.2) is 20.0 Å². The second-order valence-electron chi connectivity index (χ2n) is 6.43. The van der Waals surface area contributed by atoms with Gasteiger partial charge in [-0.3, -0.25) is 4.79 Å². The van der Waals surface area contributed by atoms with Crippen LogP contribution in [-0.2, 0) is 4.79 Å². The van der Waals surface area contributed by atoms with Gasteiger partial charge in [-0.1, -0.05) is 31.2 Å². The van der Waals surface area contributed by atoms with Crippen LogP contribution in [0.3, 0.4) is 0 Å². The third-order valence-corrected chi connectivity index (χ3v) is 5.03. The zero-order valence-corrected chi connectivity index (χ0v) is 15.0. The van der Waals surface area contributed by atoms with Gasteiger partial charge in [0.25, 0.3) is 0 Å². The Bertz CT molecular complexity index is 709. The number of hydrogen-bond donors (Lipinski definition) is 1. The van der Waals surface area contributed by atoms with Crippen LogP contribution in [0.25, 0.3) is 0 Å². The Labute approximate surface area is 149 Å². The predicted molar refractivity (Wildman–Crippen MR) is 98.0 cm³/mol. The first-order valence-corrected chi connectivity index (χ1v) is 8.73. The van der Waals surface area contributed by atoms with Crippen LogP contribution in [0.2, 0.25) is 0 Å². The number of benzene rings is 2. The number of ketones is 1. The van der Waals surface area contributed by atoms with Crippen molar-refractivity contribution in [3.8, 4) is 11.5 Å². The maximum absolute atomic E-state index is 12.7. The summed E-state index contributed by atoms with van der Waals surface area (Å²) in [6, 6.07) is 16.0. The van der Waals surface area contributed by atoms with Gasteiger partial charge in [0.1, 0.15) is 17.3 Å². The Balaban J connectivity index is 1.87. The van der Waals surface area contributed by atoms with Gasteiger partial charge in [-0.2, -0.15) is 0 Å². The van der Waals surface area contributed by atoms with Crippen molar-refractivity contribution < 1.29 is 14.3 Å². The van der Waals surface area contributed by atoms with Crippen LogP contribution in [0, 0.1) is 5.92 Å². The van der Waals surface area contributed by atoms with Crippen molar-refractivity contribution >= 4 is 5.78 Å². The lowest BCUT2D eigenvalue weighted by atomic mass is 9.79. The second kappa shape index (κ2) is 7.70. The zero-order valence-electron chi connectivity index (χ0n) is 15.0. The molecule has 3 rings (SSSR count). The normalized spacial score (nSPS) is 23.3. The van der Waals surface area contributed by atoms with Crippen molar-refractivity contribution in [2.45, 2.75) is 31.8 Å². The summed E-state index contributed by atoms with van der Waals surface area (Å²) in [5, 5.41) is 3.69. The Hall–Kier alpha value is -2.33. The van der Waals surface area contributed by atoms with E-state index in [2.05, 4.69) is 12.2 Å². The topological polar surface area (TPSA) is 47.6 Å². The molecular weight excluding hydrogens is 314 g/mol. The Morgan fingerprint density at radius 3 is 1.92 bits per heavy atom. The fourth-order valence-electron chi connectivity index (χ4n) is 3.58. The maximum atomic E-state index is 12.7. The third kappa shape index (κ3) is 3.69. The van der Waals surface area contributed by atoms with Crippen molar-refractivity contribution in [3.05, 3.63) is 59.7 Å². The standard InChI is InChI=1S/C21H25NO3/c1-4-18-20(23)13-19(14-5-9-16(24-2)10-6-14)22-21(18)15-7-11-17(25-3)12-8-15/h5-12,18-19,21-22H,4,13H2,1-3H3/t18-,19+,21+/m0/s1. The summed E-state index contributed by atoms with van der Waals surface area (Å²) < 4.78 is 10.5. The maximum Gasteiger partial charge on any atom is 0.139 e. The highest BCUT2D eigenvalue weighted by Gasteiger charge is 2.36. The van der Waals surface area contributed by atoms with Crippen LogP contribution < -0.4 is 14.8 Å². The molecule has 0 saturated carbocycles. The molecule has 2 aromatic rings. The predicted octanol–water partition coefficient (Wildman–Crippen LogP) is 4.07. The van der Waals surface area contributed by atoms with Gasteiger partial charge in [0, 0.05) is 24.4 Å². The molecule has 2 aromatic carbocycles. The number of rotatable bonds is 5. The lowest BCUT2D eigenvalue weighted by molar-refractivity contribution is -0.126. The molecule has 0 bridgehead atoms. The number of carbonyl (C=O) groups is 1. The van der Waals surface area contributed by atoms with Crippen LogP contribution in [0.1, 0.15) is 43.0 Å². The van der Waals surface area contributed by atoms with E-state index in [1.165, 1.54) is 0 Å². The summed E-state index contributed by atoms with van der Waals surface area (Å²) in [7, 11) is 3.31. The Morgan fingerprint density at radius 2 is 1.44 bits per heavy atom. The average Bonchev–Trinajstić information content (AvgIpc) is 2.67. The number of methoxy groups -OCH3 is 2. The molecule has 1 aliphatic heterocycles. The minimum absolute atomic E-state index is 0.00268. The Kier molecular flexibility index (Phi) is 5.39. The highest BCUT2D eigenvalue weighted by Crippen LogP contribution is 2.37. The first-order valence-electron chi connectivity index (χ1n) is 8.73. The van der Waals surface area contributed by atoms with Crippen LogP contribution in [0.5, 0.6) is 11.5 Å². The molecule has 132 valence electrons. The van der Waals surface area contributed by atoms with Crippen molar-refractivity contribution in [1.29, 1.82) is 0 Å². The molecule has 0 amide bonds. The van der Waals surface area contributed by atoms with E-state index in [1.54, 1.807) is 14.2 Å². The molecule has 3 atom stereocenters. The molecule has 0 radical (unpaired) electrons. The van der Waals surface area contributed by atoms with Crippen molar-refractivity contribution in [3.63, 3.8) is 0 Å². The number of Topliss-reactive ketones (excluding diaryl/α,β-unsaturated/α-hetero) is 1. The molecule has 25 heavy (non-hydrogen) atoms. The SMILES string of the molecule is CC[C@H]1C(=O)C[C@H](c2ccc(OC)cc2)N[C@@H]1c1ccc(OC)cc1. The number of carbonyl (C=O) groups excluding carboxylic acids is 1. The van der Waals surface area contributed by atoms with E-state index in [-0.39, 0.29) is 18.0 Å². The number of nitrogens with one attached hydrogen (secondary N) is 1. The molecule has 1 fully saturated rings. The summed E-state index contributed by atoms with van der Waals surface area (Å²) in [4.78, 5) is 12.7. The van der Waals surface area contributed by atoms with E-state index in [1.807, 2.05) is 48.5 Å². The summed E-state index contributed by atoms with van der Waals surface area (Å²) in [5.74, 6) is 1.97. The molecule has 0 unspecified atom stereocenters. The molecule has 1 heterocycles. The Morgan fingerprint density at radius 1 is 0.920 bits per heavy atom. The molecular formula is C21H25NO3. The van der Waals surface area contributed by atoms with Gasteiger partial charge in [-0.05, 0) is 41.8 Å². The van der Waals surface area contributed by atoms with E-state index in [0.717, 1.165) is 29.0 Å². The zero-order chi connectivity index (χ0) is 17.8. The van der Waals surface area contributed by atoms with Gasteiger partial charge in [0.05, 0.1) is 14.2 Å². The van der Waals surface area contributed by atoms with Crippen LogP contribution in [0.15, 0.2) is 48.5 Å². The monoisotopic (exact) mass is 339 g/mol. The molecule has 1 saturated heterocycles. The molecule has 1 aliphatic rings. The fourth-order valence-corrected chi connectivity index (χ4v) is 3.58. The van der Waals surface area contributed by atoms with Crippen molar-refractivity contribution in [2.75, 3.05) is 14.2 Å². The molecule has 4 heteroatoms. The van der Waals surface area contributed by atoms with Crippen LogP contribution >= 0.6 is 0 Å². The number of hydrogen-bond acceptors (Lipinski definition) is 4. The lowest BCUT2D eigenvalue weighted by Gasteiger charge is -2.37. The first kappa shape index (κ1) is 17.5. The fraction of sp³-hybridized carbons (Fsp3) is 0.381. The summed E-state index contributed by atoms with van der Waals surface area (Å²) in [6.07, 6.45) is 1.36. The average molecular weight is 339 g/mol. The van der Waals surface area contributed by atoms with E-state index in [0.29, 0.717) is 12.2 Å². The quantitative estimate of drug-likeness (QED) is 0.892. The molecule has 1 N–H and O–H groups in total. The first-order chi connectivity index (χ1) is 12.2. The van der Waals surface area contributed by atoms with Gasteiger partial charge in [0.15, 0.2) is 0 Å². The molecule has 0 aromatic heterocycles. The van der Waals surface area contributed by atoms with E-state index < -0.39 is 0 Å². The second-order valence-corrected chi connectivity index (χ2v) is 6.43. The van der Waals surface area contributed by atoms with E-state index >= 15 is 0 Å². The van der Waals surface area contributed by atoms with Gasteiger partial charge in [-0.25, -0.2) is 0 Å². The minimum atomic E-state index is 0.00268. The van der Waals surface area contributed by atoms with Gasteiger partial charge < -0.3 is 14.8 Å². The summed E-state index contributed by atoms with van der Waals surface area (Å²) >= 11 is 0. The van der Waals surface area contributed by atoms with Gasteiger partial charge in [-0.15, -0.1) is 0 Å². The largest absolute Gasteiger partial charge is 0.497 e. The highest BCUT2D eigenvalue weighted by molar-refractivity contribution is 5.83. The summed E-state index contributed by atoms with van der Waals surface area (Å²) in [5.41, 5.74) is 2.24. The summed E-state index contributed by atoms with van der Waals surface area (Å²) in [6.45, 7) is 2.08. The minimum Gasteiger partial charge on any atom is -0.497 e. The highest BCUT2D eigenvalue weighted by atomic mass is 16.5. The molecule has 0 spiro atoms. The van der Waals surface area contributed by atoms with E-state index in [9.17, 15) is 4.79 Å². The molecule has 4 nitrogen and oxygen atoms in total. The van der Waals surface area contributed by atoms with Crippen molar-refractivity contribution in [2.24, 2.45) is 5.92 Å².